The van der Waals surface area contributed by atoms with Crippen LogP contribution in [0.3, 0.4) is 0 Å². The number of hydrogen-bond donors (Lipinski definition) is 0. The van der Waals surface area contributed by atoms with Crippen LogP contribution < -0.4 is 10.3 Å². The Balaban J connectivity index is 1.95. The minimum Gasteiger partial charge on any atom is -0.494 e. The molecule has 142 valence electrons. The molecule has 0 aliphatic heterocycles. The topological polar surface area (TPSA) is 53.4 Å². The molecule has 0 N–H and O–H groups in total. The molecule has 0 saturated carbocycles. The lowest BCUT2D eigenvalue weighted by Gasteiger charge is -2.13. The number of fused-ring (bicyclic) bond motifs is 1. The molecule has 0 spiro atoms. The Kier molecular flexibility index (Phi) is 6.51. The molecule has 2 aromatic carbocycles. The van der Waals surface area contributed by atoms with Crippen LogP contribution in [0, 0.1) is 5.82 Å². The molecule has 3 aromatic rings. The maximum absolute atomic E-state index is 13.9. The Morgan fingerprint density at radius 1 is 1.22 bits per heavy atom. The first-order valence-corrected chi connectivity index (χ1v) is 9.95. The highest BCUT2D eigenvalue weighted by Crippen LogP contribution is 2.26. The third-order valence-electron chi connectivity index (χ3n) is 3.98. The van der Waals surface area contributed by atoms with E-state index in [1.54, 1.807) is 35.9 Å². The van der Waals surface area contributed by atoms with Gasteiger partial charge in [-0.3, -0.25) is 9.36 Å². The molecule has 0 atom stereocenters. The van der Waals surface area contributed by atoms with E-state index in [0.717, 1.165) is 10.0 Å². The van der Waals surface area contributed by atoms with Gasteiger partial charge in [0.05, 0.1) is 31.2 Å². The summed E-state index contributed by atoms with van der Waals surface area (Å²) < 4.78 is 26.4. The lowest BCUT2D eigenvalue weighted by atomic mass is 10.2. The zero-order valence-corrected chi connectivity index (χ0v) is 17.3. The molecule has 3 rings (SSSR count). The largest absolute Gasteiger partial charge is 0.494 e. The first kappa shape index (κ1) is 19.9. The zero-order chi connectivity index (χ0) is 19.4. The van der Waals surface area contributed by atoms with Crippen molar-refractivity contribution in [2.75, 3.05) is 20.8 Å². The number of ether oxygens (including phenoxy) is 2. The summed E-state index contributed by atoms with van der Waals surface area (Å²) in [5.74, 6) is 0.265. The van der Waals surface area contributed by atoms with E-state index in [9.17, 15) is 9.18 Å². The normalized spacial score (nSPS) is 11.1. The molecule has 1 heterocycles. The number of methoxy groups -OCH3 is 2. The van der Waals surface area contributed by atoms with Crippen molar-refractivity contribution in [1.29, 1.82) is 0 Å². The van der Waals surface area contributed by atoms with Crippen LogP contribution in [-0.4, -0.2) is 30.4 Å². The van der Waals surface area contributed by atoms with Crippen LogP contribution >= 0.6 is 27.7 Å². The van der Waals surface area contributed by atoms with Gasteiger partial charge < -0.3 is 9.47 Å². The standard InChI is InChI=1S/C19H18BrFN2O3S/c1-25-8-7-23-18(24)14-10-13(20)4-5-16(14)22-19(23)27-11-12-3-6-17(26-2)15(21)9-12/h3-6,9-10H,7-8,11H2,1-2H3. The first-order valence-electron chi connectivity index (χ1n) is 8.17. The van der Waals surface area contributed by atoms with Gasteiger partial charge >= 0.3 is 0 Å². The van der Waals surface area contributed by atoms with Crippen LogP contribution in [0.4, 0.5) is 4.39 Å². The van der Waals surface area contributed by atoms with Crippen molar-refractivity contribution in [3.05, 3.63) is 62.6 Å². The van der Waals surface area contributed by atoms with Crippen LogP contribution in [0.15, 0.2) is 50.8 Å². The summed E-state index contributed by atoms with van der Waals surface area (Å²) in [6.07, 6.45) is 0. The van der Waals surface area contributed by atoms with Gasteiger partial charge in [0.15, 0.2) is 16.7 Å². The zero-order valence-electron chi connectivity index (χ0n) is 14.9. The van der Waals surface area contributed by atoms with Crippen LogP contribution in [0.5, 0.6) is 5.75 Å². The Morgan fingerprint density at radius 2 is 2.04 bits per heavy atom. The second-order valence-corrected chi connectivity index (χ2v) is 7.62. The second kappa shape index (κ2) is 8.86. The van der Waals surface area contributed by atoms with E-state index >= 15 is 0 Å². The molecule has 0 unspecified atom stereocenters. The van der Waals surface area contributed by atoms with Gasteiger partial charge in [0.1, 0.15) is 0 Å². The van der Waals surface area contributed by atoms with Gasteiger partial charge in [-0.2, -0.15) is 0 Å². The summed E-state index contributed by atoms with van der Waals surface area (Å²) >= 11 is 4.77. The smallest absolute Gasteiger partial charge is 0.262 e. The molecule has 0 fully saturated rings. The minimum absolute atomic E-state index is 0.123. The summed E-state index contributed by atoms with van der Waals surface area (Å²) in [5, 5.41) is 1.11. The fourth-order valence-electron chi connectivity index (χ4n) is 2.61. The van der Waals surface area contributed by atoms with Crippen molar-refractivity contribution in [2.45, 2.75) is 17.5 Å². The number of aromatic nitrogens is 2. The van der Waals surface area contributed by atoms with Crippen molar-refractivity contribution in [3.63, 3.8) is 0 Å². The summed E-state index contributed by atoms with van der Waals surface area (Å²) in [6, 6.07) is 10.2. The molecular formula is C19H18BrFN2O3S. The van der Waals surface area contributed by atoms with E-state index in [4.69, 9.17) is 9.47 Å². The summed E-state index contributed by atoms with van der Waals surface area (Å²) in [7, 11) is 3.02. The minimum atomic E-state index is -0.413. The lowest BCUT2D eigenvalue weighted by molar-refractivity contribution is 0.183. The van der Waals surface area contributed by atoms with Gasteiger partial charge in [-0.1, -0.05) is 33.8 Å². The fraction of sp³-hybridized carbons (Fsp3) is 0.263. The SMILES string of the molecule is COCCn1c(SCc2ccc(OC)c(F)c2)nc2ccc(Br)cc2c1=O. The number of hydrogen-bond acceptors (Lipinski definition) is 5. The summed E-state index contributed by atoms with van der Waals surface area (Å²) in [4.78, 5) is 17.5. The Morgan fingerprint density at radius 3 is 2.74 bits per heavy atom. The van der Waals surface area contributed by atoms with Crippen LogP contribution in [0.1, 0.15) is 5.56 Å². The van der Waals surface area contributed by atoms with Crippen LogP contribution in [0.2, 0.25) is 0 Å². The van der Waals surface area contributed by atoms with E-state index in [2.05, 4.69) is 20.9 Å². The Labute approximate surface area is 168 Å². The van der Waals surface area contributed by atoms with Crippen molar-refractivity contribution in [3.8, 4) is 5.75 Å². The van der Waals surface area contributed by atoms with Gasteiger partial charge in [0.2, 0.25) is 0 Å². The molecule has 0 aliphatic rings. The molecule has 0 amide bonds. The Bertz CT molecular complexity index is 1030. The van der Waals surface area contributed by atoms with Crippen LogP contribution in [-0.2, 0) is 17.0 Å². The molecule has 0 bridgehead atoms. The third kappa shape index (κ3) is 4.51. The van der Waals surface area contributed by atoms with E-state index in [1.807, 2.05) is 6.07 Å². The summed E-state index contributed by atoms with van der Waals surface area (Å²) in [6.45, 7) is 0.788. The average molecular weight is 453 g/mol. The maximum atomic E-state index is 13.9. The van der Waals surface area contributed by atoms with Crippen LogP contribution in [0.25, 0.3) is 10.9 Å². The monoisotopic (exact) mass is 452 g/mol. The molecule has 27 heavy (non-hydrogen) atoms. The third-order valence-corrected chi connectivity index (χ3v) is 5.53. The van der Waals surface area contributed by atoms with E-state index in [0.29, 0.717) is 35.0 Å². The molecule has 1 aromatic heterocycles. The highest BCUT2D eigenvalue weighted by molar-refractivity contribution is 9.10. The summed E-state index contributed by atoms with van der Waals surface area (Å²) in [5.41, 5.74) is 1.28. The molecule has 0 radical (unpaired) electrons. The van der Waals surface area contributed by atoms with Gasteiger partial charge in [-0.25, -0.2) is 9.37 Å². The van der Waals surface area contributed by atoms with Crippen molar-refractivity contribution in [2.24, 2.45) is 0 Å². The maximum Gasteiger partial charge on any atom is 0.262 e. The Hall–Kier alpha value is -1.90. The quantitative estimate of drug-likeness (QED) is 0.396. The molecule has 0 aliphatic carbocycles. The van der Waals surface area contributed by atoms with E-state index < -0.39 is 5.82 Å². The number of benzene rings is 2. The average Bonchev–Trinajstić information content (AvgIpc) is 2.66. The number of halogens is 2. The van der Waals surface area contributed by atoms with Gasteiger partial charge in [0.25, 0.3) is 5.56 Å². The second-order valence-electron chi connectivity index (χ2n) is 5.76. The van der Waals surface area contributed by atoms with E-state index in [-0.39, 0.29) is 11.3 Å². The van der Waals surface area contributed by atoms with Crippen molar-refractivity contribution >= 4 is 38.6 Å². The number of rotatable bonds is 7. The van der Waals surface area contributed by atoms with Gasteiger partial charge in [-0.05, 0) is 35.9 Å². The number of thioether (sulfide) groups is 1. The lowest BCUT2D eigenvalue weighted by Crippen LogP contribution is -2.25. The number of nitrogens with zero attached hydrogens (tertiary/aromatic N) is 2. The predicted octanol–water partition coefficient (Wildman–Crippen LogP) is 4.25. The van der Waals surface area contributed by atoms with Crippen molar-refractivity contribution < 1.29 is 13.9 Å². The molecule has 8 heteroatoms. The predicted molar refractivity (Wildman–Crippen MR) is 108 cm³/mol. The molecule has 5 nitrogen and oxygen atoms in total. The highest BCUT2D eigenvalue weighted by Gasteiger charge is 2.13. The molecule has 0 saturated heterocycles. The van der Waals surface area contributed by atoms with Gasteiger partial charge in [0, 0.05) is 17.3 Å². The van der Waals surface area contributed by atoms with E-state index in [1.165, 1.54) is 24.9 Å². The fourth-order valence-corrected chi connectivity index (χ4v) is 3.94. The molecular weight excluding hydrogens is 435 g/mol. The van der Waals surface area contributed by atoms with Gasteiger partial charge in [-0.15, -0.1) is 0 Å². The van der Waals surface area contributed by atoms with Crippen molar-refractivity contribution in [1.82, 2.24) is 9.55 Å². The highest BCUT2D eigenvalue weighted by atomic mass is 79.9. The first-order chi connectivity index (χ1) is 13.0.